The lowest BCUT2D eigenvalue weighted by Crippen LogP contribution is -2.29. The molecular weight excluding hydrogens is 216 g/mol. The van der Waals surface area contributed by atoms with Crippen molar-refractivity contribution in [2.75, 3.05) is 13.1 Å². The van der Waals surface area contributed by atoms with Crippen LogP contribution in [0.5, 0.6) is 0 Å². The third-order valence-electron chi connectivity index (χ3n) is 2.01. The van der Waals surface area contributed by atoms with Gasteiger partial charge in [-0.2, -0.15) is 0 Å². The van der Waals surface area contributed by atoms with E-state index in [0.29, 0.717) is 12.4 Å². The molecular formula is C8H16N4O2S. The Morgan fingerprint density at radius 1 is 1.60 bits per heavy atom. The molecule has 7 heteroatoms. The summed E-state index contributed by atoms with van der Waals surface area (Å²) in [6.45, 7) is 4.89. The van der Waals surface area contributed by atoms with E-state index < -0.39 is 10.0 Å². The van der Waals surface area contributed by atoms with Crippen molar-refractivity contribution in [1.29, 1.82) is 0 Å². The second-order valence-electron chi connectivity index (χ2n) is 3.10. The van der Waals surface area contributed by atoms with E-state index in [1.807, 2.05) is 6.92 Å². The van der Waals surface area contributed by atoms with E-state index in [-0.39, 0.29) is 18.1 Å². The molecule has 0 unspecified atom stereocenters. The fraction of sp³-hybridized carbons (Fsp3) is 0.625. The van der Waals surface area contributed by atoms with Crippen molar-refractivity contribution in [3.05, 3.63) is 12.0 Å². The van der Waals surface area contributed by atoms with Gasteiger partial charge in [0, 0.05) is 25.8 Å². The molecule has 0 amide bonds. The molecule has 0 aromatic carbocycles. The first-order chi connectivity index (χ1) is 7.01. The Morgan fingerprint density at radius 2 is 2.27 bits per heavy atom. The van der Waals surface area contributed by atoms with E-state index in [1.165, 1.54) is 6.20 Å². The summed E-state index contributed by atoms with van der Waals surface area (Å²) >= 11 is 0. The standard InChI is InChI=1S/C8H16N4O2S/c1-3-12-6-8(11-7(12)2)15(13,14)10-5-4-9/h6,10H,3-5,9H2,1-2H3. The highest BCUT2D eigenvalue weighted by atomic mass is 32.2. The molecule has 86 valence electrons. The van der Waals surface area contributed by atoms with Crippen molar-refractivity contribution in [3.63, 3.8) is 0 Å². The number of aromatic nitrogens is 2. The minimum atomic E-state index is -3.50. The summed E-state index contributed by atoms with van der Waals surface area (Å²) in [7, 11) is -3.50. The van der Waals surface area contributed by atoms with E-state index in [4.69, 9.17) is 5.73 Å². The predicted octanol–water partition coefficient (Wildman–Crippen LogP) is -0.552. The molecule has 1 heterocycles. The lowest BCUT2D eigenvalue weighted by molar-refractivity contribution is 0.578. The van der Waals surface area contributed by atoms with Crippen LogP contribution in [-0.4, -0.2) is 31.1 Å². The minimum absolute atomic E-state index is 0.0512. The molecule has 0 spiro atoms. The number of sulfonamides is 1. The first kappa shape index (κ1) is 12.2. The highest BCUT2D eigenvalue weighted by Crippen LogP contribution is 2.08. The summed E-state index contributed by atoms with van der Waals surface area (Å²) in [5.74, 6) is 0.686. The molecule has 0 radical (unpaired) electrons. The van der Waals surface area contributed by atoms with E-state index in [9.17, 15) is 8.42 Å². The van der Waals surface area contributed by atoms with Crippen molar-refractivity contribution >= 4 is 10.0 Å². The molecule has 0 aliphatic rings. The van der Waals surface area contributed by atoms with Gasteiger partial charge in [0.25, 0.3) is 10.0 Å². The molecule has 0 fully saturated rings. The summed E-state index contributed by atoms with van der Waals surface area (Å²) in [5, 5.41) is 0.0512. The number of hydrogen-bond donors (Lipinski definition) is 2. The summed E-state index contributed by atoms with van der Waals surface area (Å²) in [5.41, 5.74) is 5.22. The maximum atomic E-state index is 11.6. The van der Waals surface area contributed by atoms with Gasteiger partial charge < -0.3 is 10.3 Å². The number of nitrogens with two attached hydrogens (primary N) is 1. The third-order valence-corrected chi connectivity index (χ3v) is 3.34. The number of nitrogens with zero attached hydrogens (tertiary/aromatic N) is 2. The molecule has 1 rings (SSSR count). The maximum absolute atomic E-state index is 11.6. The van der Waals surface area contributed by atoms with Crippen LogP contribution < -0.4 is 10.5 Å². The first-order valence-electron chi connectivity index (χ1n) is 4.74. The van der Waals surface area contributed by atoms with Crippen LogP contribution in [0.2, 0.25) is 0 Å². The van der Waals surface area contributed by atoms with Crippen LogP contribution >= 0.6 is 0 Å². The minimum Gasteiger partial charge on any atom is -0.334 e. The van der Waals surface area contributed by atoms with Gasteiger partial charge in [-0.15, -0.1) is 0 Å². The Morgan fingerprint density at radius 3 is 2.73 bits per heavy atom. The molecule has 1 aromatic rings. The van der Waals surface area contributed by atoms with Crippen LogP contribution in [0.4, 0.5) is 0 Å². The Balaban J connectivity index is 2.95. The van der Waals surface area contributed by atoms with Crippen molar-refractivity contribution in [3.8, 4) is 0 Å². The van der Waals surface area contributed by atoms with Gasteiger partial charge in [0.1, 0.15) is 5.82 Å². The molecule has 0 bridgehead atoms. The molecule has 6 nitrogen and oxygen atoms in total. The SMILES string of the molecule is CCn1cc(S(=O)(=O)NCCN)nc1C. The quantitative estimate of drug-likeness (QED) is 0.712. The lowest BCUT2D eigenvalue weighted by Gasteiger charge is -2.00. The van der Waals surface area contributed by atoms with Crippen molar-refractivity contribution in [2.45, 2.75) is 25.4 Å². The molecule has 0 saturated carbocycles. The van der Waals surface area contributed by atoms with E-state index in [2.05, 4.69) is 9.71 Å². The topological polar surface area (TPSA) is 90.0 Å². The molecule has 1 aromatic heterocycles. The monoisotopic (exact) mass is 232 g/mol. The zero-order valence-corrected chi connectivity index (χ0v) is 9.71. The van der Waals surface area contributed by atoms with Gasteiger partial charge in [-0.25, -0.2) is 18.1 Å². The maximum Gasteiger partial charge on any atom is 0.259 e. The van der Waals surface area contributed by atoms with E-state index in [0.717, 1.165) is 0 Å². The summed E-state index contributed by atoms with van der Waals surface area (Å²) < 4.78 is 27.4. The van der Waals surface area contributed by atoms with Crippen molar-refractivity contribution in [1.82, 2.24) is 14.3 Å². The average molecular weight is 232 g/mol. The molecule has 0 atom stereocenters. The average Bonchev–Trinajstić information content (AvgIpc) is 2.57. The number of aryl methyl sites for hydroxylation is 2. The summed E-state index contributed by atoms with van der Waals surface area (Å²) in [4.78, 5) is 3.98. The molecule has 0 saturated heterocycles. The smallest absolute Gasteiger partial charge is 0.259 e. The van der Waals surface area contributed by atoms with Gasteiger partial charge in [-0.05, 0) is 13.8 Å². The fourth-order valence-electron chi connectivity index (χ4n) is 1.20. The highest BCUT2D eigenvalue weighted by Gasteiger charge is 2.17. The van der Waals surface area contributed by atoms with Crippen LogP contribution in [0, 0.1) is 6.92 Å². The molecule has 0 aliphatic heterocycles. The van der Waals surface area contributed by atoms with Crippen LogP contribution in [0.1, 0.15) is 12.7 Å². The van der Waals surface area contributed by atoms with Crippen LogP contribution in [0.25, 0.3) is 0 Å². The van der Waals surface area contributed by atoms with Crippen LogP contribution in [0.3, 0.4) is 0 Å². The highest BCUT2D eigenvalue weighted by molar-refractivity contribution is 7.89. The normalized spacial score (nSPS) is 11.9. The van der Waals surface area contributed by atoms with Gasteiger partial charge >= 0.3 is 0 Å². The lowest BCUT2D eigenvalue weighted by atomic mass is 10.6. The Kier molecular flexibility index (Phi) is 3.83. The Hall–Kier alpha value is -0.920. The molecule has 0 aliphatic carbocycles. The van der Waals surface area contributed by atoms with E-state index in [1.54, 1.807) is 11.5 Å². The molecule has 3 N–H and O–H groups in total. The number of rotatable bonds is 5. The predicted molar refractivity (Wildman–Crippen MR) is 56.9 cm³/mol. The van der Waals surface area contributed by atoms with Gasteiger partial charge in [0.05, 0.1) is 0 Å². The molecule has 15 heavy (non-hydrogen) atoms. The second kappa shape index (κ2) is 4.73. The van der Waals surface area contributed by atoms with Crippen LogP contribution in [-0.2, 0) is 16.6 Å². The number of imidazole rings is 1. The van der Waals surface area contributed by atoms with Gasteiger partial charge in [0.15, 0.2) is 5.03 Å². The fourth-order valence-corrected chi connectivity index (χ4v) is 2.25. The van der Waals surface area contributed by atoms with Crippen molar-refractivity contribution < 1.29 is 8.42 Å². The van der Waals surface area contributed by atoms with Crippen molar-refractivity contribution in [2.24, 2.45) is 5.73 Å². The van der Waals surface area contributed by atoms with Gasteiger partial charge in [-0.3, -0.25) is 0 Å². The second-order valence-corrected chi connectivity index (χ2v) is 4.81. The van der Waals surface area contributed by atoms with Gasteiger partial charge in [-0.1, -0.05) is 0 Å². The summed E-state index contributed by atoms with van der Waals surface area (Å²) in [6.07, 6.45) is 1.52. The van der Waals surface area contributed by atoms with Gasteiger partial charge in [0.2, 0.25) is 0 Å². The summed E-state index contributed by atoms with van der Waals surface area (Å²) in [6, 6.07) is 0. The van der Waals surface area contributed by atoms with E-state index >= 15 is 0 Å². The Bertz CT molecular complexity index is 424. The first-order valence-corrected chi connectivity index (χ1v) is 6.23. The third kappa shape index (κ3) is 2.77. The number of nitrogens with one attached hydrogen (secondary N) is 1. The Labute approximate surface area is 89.5 Å². The largest absolute Gasteiger partial charge is 0.334 e. The van der Waals surface area contributed by atoms with Crippen LogP contribution in [0.15, 0.2) is 11.2 Å². The zero-order valence-electron chi connectivity index (χ0n) is 8.90. The number of hydrogen-bond acceptors (Lipinski definition) is 4. The zero-order chi connectivity index (χ0) is 11.5.